The summed E-state index contributed by atoms with van der Waals surface area (Å²) >= 11 is -0.213. The van der Waals surface area contributed by atoms with Crippen LogP contribution in [-0.4, -0.2) is 14.1 Å². The van der Waals surface area contributed by atoms with Crippen LogP contribution in [0, 0.1) is 11.8 Å². The Morgan fingerprint density at radius 1 is 1.23 bits per heavy atom. The minimum Gasteiger partial charge on any atom is -0.0967 e. The van der Waals surface area contributed by atoms with E-state index in [4.69, 9.17) is 0 Å². The highest BCUT2D eigenvalue weighted by Crippen LogP contribution is 2.39. The predicted octanol–water partition coefficient (Wildman–Crippen LogP) is 3.88. The zero-order chi connectivity index (χ0) is 9.10. The first kappa shape index (κ1) is 9.81. The highest BCUT2D eigenvalue weighted by atomic mass is 27.2. The molecule has 1 aliphatic carbocycles. The largest absolute Gasteiger partial charge is 0.261 e. The maximum absolute atomic E-state index is 2.43. The van der Waals surface area contributed by atoms with Crippen LogP contribution in [0.5, 0.6) is 0 Å². The van der Waals surface area contributed by atoms with E-state index in [-0.39, 0.29) is 14.1 Å². The normalized spacial score (nSPS) is 34.1. The average Bonchev–Trinajstić information content (AvgIpc) is 2.67. The number of hydrogen-bond donors (Lipinski definition) is 0. The summed E-state index contributed by atoms with van der Waals surface area (Å²) in [4.78, 5) is 0. The molecular formula is C12H21Al. The third-order valence-electron chi connectivity index (χ3n) is 4.14. The maximum atomic E-state index is 2.43. The van der Waals surface area contributed by atoms with E-state index in [1.54, 1.807) is 22.3 Å². The van der Waals surface area contributed by atoms with Crippen molar-refractivity contribution in [3.05, 3.63) is 12.2 Å². The van der Waals surface area contributed by atoms with Crippen LogP contribution in [0.2, 0.25) is 15.8 Å². The second-order valence-corrected chi connectivity index (χ2v) is 8.49. The van der Waals surface area contributed by atoms with Crippen molar-refractivity contribution in [3.63, 3.8) is 0 Å². The molecule has 0 amide bonds. The van der Waals surface area contributed by atoms with Gasteiger partial charge in [0.05, 0.1) is 0 Å². The van der Waals surface area contributed by atoms with Crippen molar-refractivity contribution in [2.24, 2.45) is 11.8 Å². The van der Waals surface area contributed by atoms with E-state index < -0.39 is 0 Å². The molecule has 2 atom stereocenters. The summed E-state index contributed by atoms with van der Waals surface area (Å²) in [6.45, 7) is 2.42. The Labute approximate surface area is 86.8 Å². The third kappa shape index (κ3) is 2.39. The first-order valence-corrected chi connectivity index (χ1v) is 8.50. The number of hydrogen-bond acceptors (Lipinski definition) is 0. The van der Waals surface area contributed by atoms with Crippen LogP contribution in [0.1, 0.15) is 32.6 Å². The van der Waals surface area contributed by atoms with Gasteiger partial charge in [0, 0.05) is 0 Å². The van der Waals surface area contributed by atoms with Crippen LogP contribution in [-0.2, 0) is 0 Å². The van der Waals surface area contributed by atoms with E-state index in [9.17, 15) is 0 Å². The van der Waals surface area contributed by atoms with E-state index >= 15 is 0 Å². The van der Waals surface area contributed by atoms with Gasteiger partial charge in [0.2, 0.25) is 0 Å². The molecule has 1 heterocycles. The summed E-state index contributed by atoms with van der Waals surface area (Å²) < 4.78 is 0. The van der Waals surface area contributed by atoms with Gasteiger partial charge in [0.25, 0.3) is 14.1 Å². The van der Waals surface area contributed by atoms with E-state index in [0.29, 0.717) is 0 Å². The fraction of sp³-hybridized carbons (Fsp3) is 0.833. The van der Waals surface area contributed by atoms with Gasteiger partial charge in [-0.3, -0.25) is 0 Å². The van der Waals surface area contributed by atoms with E-state index in [1.165, 1.54) is 19.3 Å². The number of rotatable bonds is 2. The van der Waals surface area contributed by atoms with Crippen molar-refractivity contribution in [3.8, 4) is 0 Å². The highest BCUT2D eigenvalue weighted by molar-refractivity contribution is 6.59. The molecule has 13 heavy (non-hydrogen) atoms. The minimum atomic E-state index is -0.213. The highest BCUT2D eigenvalue weighted by Gasteiger charge is 2.32. The van der Waals surface area contributed by atoms with Gasteiger partial charge in [0.15, 0.2) is 0 Å². The van der Waals surface area contributed by atoms with Crippen LogP contribution in [0.15, 0.2) is 12.2 Å². The molecule has 0 aromatic heterocycles. The molecule has 2 rings (SSSR count). The number of allylic oxidation sites excluding steroid dienone is 2. The van der Waals surface area contributed by atoms with E-state index in [2.05, 4.69) is 19.1 Å². The smallest absolute Gasteiger partial charge is 0.0967 e. The first-order valence-electron chi connectivity index (χ1n) is 6.05. The summed E-state index contributed by atoms with van der Waals surface area (Å²) in [5.74, 6) is 2.22. The third-order valence-corrected chi connectivity index (χ3v) is 7.71. The first-order chi connectivity index (χ1) is 6.40. The fourth-order valence-electron chi connectivity index (χ4n) is 3.16. The lowest BCUT2D eigenvalue weighted by molar-refractivity contribution is 0.334. The molecule has 1 aliphatic heterocycles. The molecule has 1 fully saturated rings. The quantitative estimate of drug-likeness (QED) is 0.460. The molecule has 0 nitrogen and oxygen atoms in total. The Balaban J connectivity index is 1.84. The Bertz CT molecular complexity index is 186. The molecule has 2 aliphatic rings. The Kier molecular flexibility index (Phi) is 3.53. The lowest BCUT2D eigenvalue weighted by atomic mass is 9.83. The maximum Gasteiger partial charge on any atom is 0.261 e. The summed E-state index contributed by atoms with van der Waals surface area (Å²) in [5.41, 5.74) is 0. The Morgan fingerprint density at radius 2 is 2.15 bits per heavy atom. The van der Waals surface area contributed by atoms with Crippen molar-refractivity contribution in [1.82, 2.24) is 0 Å². The second kappa shape index (κ2) is 4.67. The predicted molar refractivity (Wildman–Crippen MR) is 60.4 cm³/mol. The van der Waals surface area contributed by atoms with Gasteiger partial charge in [-0.15, -0.1) is 0 Å². The monoisotopic (exact) mass is 192 g/mol. The zero-order valence-corrected chi connectivity index (χ0v) is 9.99. The summed E-state index contributed by atoms with van der Waals surface area (Å²) in [5, 5.41) is 4.88. The van der Waals surface area contributed by atoms with Crippen LogP contribution < -0.4 is 0 Å². The molecule has 0 spiro atoms. The standard InChI is InChI=1S/C10H16.C2H5.Al/c1-3-9(2)10-7-5-4-6-8-10;1-2;/h4-5,9-10H,1-3,6-8H2;1H2,2H3;. The topological polar surface area (TPSA) is 0 Å². The molecule has 1 heteroatoms. The van der Waals surface area contributed by atoms with E-state index in [0.717, 1.165) is 11.8 Å². The molecule has 1 saturated heterocycles. The van der Waals surface area contributed by atoms with Crippen molar-refractivity contribution < 1.29 is 0 Å². The summed E-state index contributed by atoms with van der Waals surface area (Å²) in [6, 6.07) is 0. The van der Waals surface area contributed by atoms with Crippen molar-refractivity contribution >= 4 is 14.1 Å². The van der Waals surface area contributed by atoms with Gasteiger partial charge in [-0.2, -0.15) is 0 Å². The van der Waals surface area contributed by atoms with E-state index in [1.807, 2.05) is 0 Å². The molecule has 0 saturated carbocycles. The Morgan fingerprint density at radius 3 is 2.77 bits per heavy atom. The van der Waals surface area contributed by atoms with Crippen LogP contribution in [0.4, 0.5) is 0 Å². The molecule has 0 radical (unpaired) electrons. The van der Waals surface area contributed by atoms with Crippen LogP contribution in [0.25, 0.3) is 0 Å². The lowest BCUT2D eigenvalue weighted by Gasteiger charge is -2.24. The molecule has 0 aromatic rings. The molecule has 0 aromatic carbocycles. The fourth-order valence-corrected chi connectivity index (χ4v) is 6.51. The minimum absolute atomic E-state index is 0.213. The Hall–Kier alpha value is 0.272. The van der Waals surface area contributed by atoms with Gasteiger partial charge < -0.3 is 0 Å². The van der Waals surface area contributed by atoms with Crippen LogP contribution in [0.3, 0.4) is 0 Å². The van der Waals surface area contributed by atoms with Gasteiger partial charge >= 0.3 is 0 Å². The summed E-state index contributed by atoms with van der Waals surface area (Å²) in [6.07, 6.45) is 10.6. The van der Waals surface area contributed by atoms with Gasteiger partial charge in [-0.1, -0.05) is 47.3 Å². The molecule has 72 valence electrons. The van der Waals surface area contributed by atoms with Gasteiger partial charge in [-0.25, -0.2) is 0 Å². The van der Waals surface area contributed by atoms with Crippen LogP contribution >= 0.6 is 0 Å². The summed E-state index contributed by atoms with van der Waals surface area (Å²) in [7, 11) is 0. The van der Waals surface area contributed by atoms with Crippen molar-refractivity contribution in [2.75, 3.05) is 0 Å². The lowest BCUT2D eigenvalue weighted by Crippen LogP contribution is -2.14. The molecule has 2 unspecified atom stereocenters. The SMILES string of the molecule is C[CH2][Al]1[CH2]CC(C2CC=CCC2)[CH2]1. The van der Waals surface area contributed by atoms with Gasteiger partial charge in [0.1, 0.15) is 0 Å². The average molecular weight is 192 g/mol. The molecule has 0 bridgehead atoms. The molecular weight excluding hydrogens is 171 g/mol. The second-order valence-electron chi connectivity index (χ2n) is 4.89. The van der Waals surface area contributed by atoms with Crippen molar-refractivity contribution in [1.29, 1.82) is 0 Å². The molecule has 0 N–H and O–H groups in total. The van der Waals surface area contributed by atoms with Crippen molar-refractivity contribution in [2.45, 2.75) is 48.5 Å². The van der Waals surface area contributed by atoms with Gasteiger partial charge in [-0.05, 0) is 25.2 Å². The zero-order valence-electron chi connectivity index (χ0n) is 8.84.